The molecule has 5 rings (SSSR count). The molecular weight excluding hydrogens is 488 g/mol. The summed E-state index contributed by atoms with van der Waals surface area (Å²) < 4.78 is 2.35. The Kier molecular flexibility index (Phi) is 7.65. The largest absolute Gasteiger partial charge is 0.385 e. The zero-order valence-corrected chi connectivity index (χ0v) is 23.4. The molecule has 6 nitrogen and oxygen atoms in total. The van der Waals surface area contributed by atoms with Gasteiger partial charge in [0.05, 0.1) is 17.8 Å². The molecule has 0 bridgehead atoms. The van der Waals surface area contributed by atoms with E-state index in [9.17, 15) is 0 Å². The van der Waals surface area contributed by atoms with Crippen LogP contribution in [0.15, 0.2) is 85.1 Å². The summed E-state index contributed by atoms with van der Waals surface area (Å²) in [5.74, 6) is 0. The molecule has 2 aromatic heterocycles. The van der Waals surface area contributed by atoms with E-state index in [-0.39, 0.29) is 12.1 Å². The molecule has 38 heavy (non-hydrogen) atoms. The molecule has 0 unspecified atom stereocenters. The maximum absolute atomic E-state index is 5.91. The first-order valence-corrected chi connectivity index (χ1v) is 13.6. The minimum absolute atomic E-state index is 0.0177. The van der Waals surface area contributed by atoms with Crippen molar-refractivity contribution in [2.45, 2.75) is 32.4 Å². The Morgan fingerprint density at radius 3 is 2.39 bits per heavy atom. The maximum atomic E-state index is 5.91. The third kappa shape index (κ3) is 5.24. The van der Waals surface area contributed by atoms with E-state index in [1.54, 1.807) is 0 Å². The minimum Gasteiger partial charge on any atom is -0.385 e. The monoisotopic (exact) mass is 524 g/mol. The van der Waals surface area contributed by atoms with Crippen LogP contribution >= 0.6 is 12.2 Å². The highest BCUT2D eigenvalue weighted by molar-refractivity contribution is 7.80. The highest BCUT2D eigenvalue weighted by Crippen LogP contribution is 2.41. The number of rotatable bonds is 9. The van der Waals surface area contributed by atoms with Crippen LogP contribution in [-0.4, -0.2) is 46.7 Å². The summed E-state index contributed by atoms with van der Waals surface area (Å²) >= 11 is 5.91. The van der Waals surface area contributed by atoms with Crippen LogP contribution in [0.5, 0.6) is 0 Å². The van der Waals surface area contributed by atoms with E-state index in [1.165, 1.54) is 28.3 Å². The maximum Gasteiger partial charge on any atom is 0.170 e. The molecule has 1 saturated heterocycles. The molecule has 1 aliphatic heterocycles. The lowest BCUT2D eigenvalue weighted by Crippen LogP contribution is -2.31. The van der Waals surface area contributed by atoms with Crippen LogP contribution in [0.4, 0.5) is 11.4 Å². The second-order valence-electron chi connectivity index (χ2n) is 10.0. The van der Waals surface area contributed by atoms with Gasteiger partial charge in [-0.25, -0.2) is 0 Å². The van der Waals surface area contributed by atoms with Crippen LogP contribution in [0.3, 0.4) is 0 Å². The second-order valence-corrected chi connectivity index (χ2v) is 10.4. The van der Waals surface area contributed by atoms with E-state index in [0.29, 0.717) is 0 Å². The molecule has 2 N–H and O–H groups in total. The molecule has 2 atom stereocenters. The quantitative estimate of drug-likeness (QED) is 0.206. The number of aryl methyl sites for hydroxylation is 1. The van der Waals surface area contributed by atoms with Gasteiger partial charge in [-0.05, 0) is 92.6 Å². The molecule has 7 heteroatoms. The van der Waals surface area contributed by atoms with E-state index in [0.717, 1.165) is 36.0 Å². The van der Waals surface area contributed by atoms with Crippen molar-refractivity contribution in [3.05, 3.63) is 108 Å². The van der Waals surface area contributed by atoms with Crippen LogP contribution in [0.1, 0.15) is 41.1 Å². The van der Waals surface area contributed by atoms with Crippen LogP contribution in [-0.2, 0) is 0 Å². The number of nitrogens with one attached hydrogen (secondary N) is 2. The van der Waals surface area contributed by atoms with Gasteiger partial charge in [-0.15, -0.1) is 0 Å². The average Bonchev–Trinajstić information content (AvgIpc) is 3.42. The molecule has 0 spiro atoms. The number of anilines is 2. The SMILES string of the molecule is Cc1cc([C@@H]2[C@H](c3ccccn3)NC(=S)N2CCCNc2ccccc2)c(C)n1-c1ccc(N(C)C)cc1. The van der Waals surface area contributed by atoms with Crippen molar-refractivity contribution in [1.82, 2.24) is 19.8 Å². The van der Waals surface area contributed by atoms with Gasteiger partial charge in [0.2, 0.25) is 0 Å². The fourth-order valence-corrected chi connectivity index (χ4v) is 5.74. The zero-order valence-electron chi connectivity index (χ0n) is 22.6. The molecule has 0 saturated carbocycles. The Morgan fingerprint density at radius 1 is 0.974 bits per heavy atom. The first kappa shape index (κ1) is 25.8. The lowest BCUT2D eigenvalue weighted by atomic mass is 9.96. The average molecular weight is 525 g/mol. The molecule has 0 aliphatic carbocycles. The number of aromatic nitrogens is 2. The van der Waals surface area contributed by atoms with Gasteiger partial charge in [0.1, 0.15) is 0 Å². The van der Waals surface area contributed by atoms with Gasteiger partial charge < -0.3 is 25.0 Å². The topological polar surface area (TPSA) is 48.4 Å². The van der Waals surface area contributed by atoms with Crippen molar-refractivity contribution in [3.63, 3.8) is 0 Å². The zero-order chi connectivity index (χ0) is 26.6. The van der Waals surface area contributed by atoms with Gasteiger partial charge in [0.25, 0.3) is 0 Å². The summed E-state index contributed by atoms with van der Waals surface area (Å²) in [7, 11) is 4.13. The molecular formula is C31H36N6S. The van der Waals surface area contributed by atoms with E-state index >= 15 is 0 Å². The predicted octanol–water partition coefficient (Wildman–Crippen LogP) is 6.03. The summed E-state index contributed by atoms with van der Waals surface area (Å²) in [5, 5.41) is 7.91. The van der Waals surface area contributed by atoms with Crippen LogP contribution in [0.25, 0.3) is 5.69 Å². The Hall–Kier alpha value is -3.84. The van der Waals surface area contributed by atoms with Crippen molar-refractivity contribution < 1.29 is 0 Å². The number of hydrogen-bond acceptors (Lipinski definition) is 4. The standard InChI is InChI=1S/C31H36N6S/c1-22-21-27(23(2)37(22)26-16-14-25(15-17-26)35(3)4)30-29(28-13-8-9-18-33-28)34-31(38)36(30)20-10-19-32-24-11-6-5-7-12-24/h5-9,11-18,21,29-30,32H,10,19-20H2,1-4H3,(H,34,38)/t29-,30+/m0/s1. The number of pyridine rings is 1. The summed E-state index contributed by atoms with van der Waals surface area (Å²) in [6.45, 7) is 6.12. The molecule has 3 heterocycles. The van der Waals surface area contributed by atoms with E-state index in [2.05, 4.69) is 114 Å². The summed E-state index contributed by atoms with van der Waals surface area (Å²) in [5.41, 5.74) is 8.21. The molecule has 1 fully saturated rings. The molecule has 2 aromatic carbocycles. The minimum atomic E-state index is -0.0177. The van der Waals surface area contributed by atoms with Gasteiger partial charge in [0, 0.05) is 61.8 Å². The summed E-state index contributed by atoms with van der Waals surface area (Å²) in [6.07, 6.45) is 2.83. The van der Waals surface area contributed by atoms with Gasteiger partial charge in [-0.1, -0.05) is 24.3 Å². The number of thiocarbonyl (C=S) groups is 1. The normalized spacial score (nSPS) is 16.9. The van der Waals surface area contributed by atoms with E-state index in [4.69, 9.17) is 17.2 Å². The van der Waals surface area contributed by atoms with Gasteiger partial charge in [-0.3, -0.25) is 4.98 Å². The van der Waals surface area contributed by atoms with Crippen LogP contribution in [0, 0.1) is 13.8 Å². The van der Waals surface area contributed by atoms with Crippen molar-refractivity contribution in [3.8, 4) is 5.69 Å². The smallest absolute Gasteiger partial charge is 0.170 e. The Balaban J connectivity index is 1.45. The number of nitrogens with zero attached hydrogens (tertiary/aromatic N) is 4. The Labute approximate surface area is 231 Å². The summed E-state index contributed by atoms with van der Waals surface area (Å²) in [6, 6.07) is 27.5. The van der Waals surface area contributed by atoms with Crippen molar-refractivity contribution in [1.29, 1.82) is 0 Å². The predicted molar refractivity (Wildman–Crippen MR) is 161 cm³/mol. The van der Waals surface area contributed by atoms with Gasteiger partial charge >= 0.3 is 0 Å². The molecule has 0 radical (unpaired) electrons. The second kappa shape index (κ2) is 11.3. The van der Waals surface area contributed by atoms with Crippen LogP contribution < -0.4 is 15.5 Å². The lowest BCUT2D eigenvalue weighted by molar-refractivity contribution is 0.315. The fraction of sp³-hybridized carbons (Fsp3) is 0.290. The molecule has 196 valence electrons. The van der Waals surface area contributed by atoms with E-state index in [1.807, 2.05) is 24.4 Å². The van der Waals surface area contributed by atoms with Crippen molar-refractivity contribution in [2.24, 2.45) is 0 Å². The fourth-order valence-electron chi connectivity index (χ4n) is 5.41. The number of benzene rings is 2. The third-order valence-electron chi connectivity index (χ3n) is 7.29. The van der Waals surface area contributed by atoms with E-state index < -0.39 is 0 Å². The highest BCUT2D eigenvalue weighted by Gasteiger charge is 2.41. The number of para-hydroxylation sites is 1. The first-order chi connectivity index (χ1) is 18.4. The molecule has 0 amide bonds. The Bertz CT molecular complexity index is 1370. The molecule has 1 aliphatic rings. The Morgan fingerprint density at radius 2 is 1.71 bits per heavy atom. The summed E-state index contributed by atoms with van der Waals surface area (Å²) in [4.78, 5) is 9.18. The van der Waals surface area contributed by atoms with Crippen molar-refractivity contribution in [2.75, 3.05) is 37.4 Å². The van der Waals surface area contributed by atoms with Gasteiger partial charge in [-0.2, -0.15) is 0 Å². The van der Waals surface area contributed by atoms with Gasteiger partial charge in [0.15, 0.2) is 5.11 Å². The lowest BCUT2D eigenvalue weighted by Gasteiger charge is -2.28. The third-order valence-corrected chi connectivity index (χ3v) is 7.64. The highest BCUT2D eigenvalue weighted by atomic mass is 32.1. The first-order valence-electron chi connectivity index (χ1n) is 13.2. The molecule has 4 aromatic rings. The van der Waals surface area contributed by atoms with Crippen molar-refractivity contribution >= 4 is 28.7 Å². The number of hydrogen-bond donors (Lipinski definition) is 2. The van der Waals surface area contributed by atoms with Crippen LogP contribution in [0.2, 0.25) is 0 Å².